The molecule has 0 aliphatic rings. The fourth-order valence-electron chi connectivity index (χ4n) is 2.20. The Kier molecular flexibility index (Phi) is 4.56. The first kappa shape index (κ1) is 13.6. The second kappa shape index (κ2) is 6.37. The van der Waals surface area contributed by atoms with E-state index in [0.717, 1.165) is 24.3 Å². The van der Waals surface area contributed by atoms with Gasteiger partial charge in [-0.2, -0.15) is 0 Å². The zero-order valence-corrected chi connectivity index (χ0v) is 12.0. The van der Waals surface area contributed by atoms with E-state index < -0.39 is 0 Å². The van der Waals surface area contributed by atoms with Crippen molar-refractivity contribution in [1.29, 1.82) is 0 Å². The van der Waals surface area contributed by atoms with Gasteiger partial charge in [-0.1, -0.05) is 38.0 Å². The second-order valence-corrected chi connectivity index (χ2v) is 4.93. The Bertz CT molecular complexity index is 529. The van der Waals surface area contributed by atoms with Crippen LogP contribution in [0.4, 0.5) is 11.5 Å². The average molecular weight is 254 g/mol. The van der Waals surface area contributed by atoms with Crippen LogP contribution in [0, 0.1) is 6.92 Å². The number of aromatic nitrogens is 1. The molecule has 2 nitrogen and oxygen atoms in total. The van der Waals surface area contributed by atoms with Gasteiger partial charge in [-0.15, -0.1) is 0 Å². The summed E-state index contributed by atoms with van der Waals surface area (Å²) in [5, 5.41) is 3.36. The largest absolute Gasteiger partial charge is 0.340 e. The third-order valence-electron chi connectivity index (χ3n) is 3.31. The molecule has 0 aliphatic heterocycles. The summed E-state index contributed by atoms with van der Waals surface area (Å²) in [7, 11) is 0. The van der Waals surface area contributed by atoms with E-state index in [1.807, 2.05) is 6.20 Å². The molecule has 0 atom stereocenters. The van der Waals surface area contributed by atoms with E-state index in [1.165, 1.54) is 23.1 Å². The number of nitrogens with zero attached hydrogens (tertiary/aromatic N) is 1. The van der Waals surface area contributed by atoms with Crippen molar-refractivity contribution >= 4 is 11.5 Å². The minimum Gasteiger partial charge on any atom is -0.340 e. The van der Waals surface area contributed by atoms with E-state index in [4.69, 9.17) is 0 Å². The van der Waals surface area contributed by atoms with Crippen LogP contribution in [0.3, 0.4) is 0 Å². The Morgan fingerprint density at radius 2 is 1.79 bits per heavy atom. The van der Waals surface area contributed by atoms with Gasteiger partial charge in [0.2, 0.25) is 0 Å². The smallest absolute Gasteiger partial charge is 0.130 e. The summed E-state index contributed by atoms with van der Waals surface area (Å²) >= 11 is 0. The highest BCUT2D eigenvalue weighted by molar-refractivity contribution is 5.57. The Balaban J connectivity index is 2.18. The minimum atomic E-state index is 0.931. The fourth-order valence-corrected chi connectivity index (χ4v) is 2.20. The number of hydrogen-bond donors (Lipinski definition) is 1. The van der Waals surface area contributed by atoms with Crippen molar-refractivity contribution in [2.75, 3.05) is 5.32 Å². The SMILES string of the molecule is CCCc1cnc(Nc2ccc(C)cc2)cc1CC. The molecule has 0 saturated heterocycles. The number of hydrogen-bond acceptors (Lipinski definition) is 2. The maximum atomic E-state index is 4.51. The molecule has 19 heavy (non-hydrogen) atoms. The molecular weight excluding hydrogens is 232 g/mol. The molecule has 0 amide bonds. The van der Waals surface area contributed by atoms with E-state index in [1.54, 1.807) is 0 Å². The molecule has 2 rings (SSSR count). The summed E-state index contributed by atoms with van der Waals surface area (Å²) < 4.78 is 0. The van der Waals surface area contributed by atoms with Crippen molar-refractivity contribution in [3.05, 3.63) is 53.2 Å². The molecule has 100 valence electrons. The van der Waals surface area contributed by atoms with E-state index in [-0.39, 0.29) is 0 Å². The number of rotatable bonds is 5. The first-order valence-corrected chi connectivity index (χ1v) is 7.04. The molecule has 1 aromatic heterocycles. The lowest BCUT2D eigenvalue weighted by Crippen LogP contribution is -1.99. The highest BCUT2D eigenvalue weighted by Crippen LogP contribution is 2.19. The molecule has 0 radical (unpaired) electrons. The van der Waals surface area contributed by atoms with Gasteiger partial charge in [-0.05, 0) is 49.1 Å². The first-order chi connectivity index (χ1) is 9.22. The van der Waals surface area contributed by atoms with Crippen molar-refractivity contribution in [2.24, 2.45) is 0 Å². The Morgan fingerprint density at radius 1 is 1.05 bits per heavy atom. The molecule has 0 spiro atoms. The highest BCUT2D eigenvalue weighted by atomic mass is 15.0. The Labute approximate surface area is 115 Å². The second-order valence-electron chi connectivity index (χ2n) is 4.93. The van der Waals surface area contributed by atoms with Gasteiger partial charge in [0.25, 0.3) is 0 Å². The summed E-state index contributed by atoms with van der Waals surface area (Å²) in [6.07, 6.45) is 5.35. The van der Waals surface area contributed by atoms with Crippen LogP contribution in [0.1, 0.15) is 37.0 Å². The Morgan fingerprint density at radius 3 is 2.42 bits per heavy atom. The van der Waals surface area contributed by atoms with Crippen LogP contribution in [0.2, 0.25) is 0 Å². The third-order valence-corrected chi connectivity index (χ3v) is 3.31. The van der Waals surface area contributed by atoms with Crippen LogP contribution in [0.25, 0.3) is 0 Å². The van der Waals surface area contributed by atoms with Crippen LogP contribution >= 0.6 is 0 Å². The van der Waals surface area contributed by atoms with Gasteiger partial charge < -0.3 is 5.32 Å². The van der Waals surface area contributed by atoms with Gasteiger partial charge in [0.05, 0.1) is 0 Å². The summed E-state index contributed by atoms with van der Waals surface area (Å²) in [6, 6.07) is 10.6. The van der Waals surface area contributed by atoms with Crippen LogP contribution in [0.15, 0.2) is 36.5 Å². The maximum absolute atomic E-state index is 4.51. The van der Waals surface area contributed by atoms with Gasteiger partial charge in [0.1, 0.15) is 5.82 Å². The third kappa shape index (κ3) is 3.57. The van der Waals surface area contributed by atoms with E-state index >= 15 is 0 Å². The van der Waals surface area contributed by atoms with Crippen LogP contribution in [-0.2, 0) is 12.8 Å². The molecule has 0 unspecified atom stereocenters. The molecule has 2 heteroatoms. The fraction of sp³-hybridized carbons (Fsp3) is 0.353. The monoisotopic (exact) mass is 254 g/mol. The molecule has 0 aliphatic carbocycles. The molecule has 0 saturated carbocycles. The van der Waals surface area contributed by atoms with Crippen molar-refractivity contribution in [3.63, 3.8) is 0 Å². The average Bonchev–Trinajstić information content (AvgIpc) is 2.43. The van der Waals surface area contributed by atoms with Gasteiger partial charge in [-0.25, -0.2) is 4.98 Å². The topological polar surface area (TPSA) is 24.9 Å². The van der Waals surface area contributed by atoms with Crippen molar-refractivity contribution < 1.29 is 0 Å². The van der Waals surface area contributed by atoms with Gasteiger partial charge in [0, 0.05) is 11.9 Å². The highest BCUT2D eigenvalue weighted by Gasteiger charge is 2.03. The molecule has 1 heterocycles. The van der Waals surface area contributed by atoms with E-state index in [2.05, 4.69) is 61.4 Å². The lowest BCUT2D eigenvalue weighted by Gasteiger charge is -2.11. The molecule has 1 N–H and O–H groups in total. The number of anilines is 2. The summed E-state index contributed by atoms with van der Waals surface area (Å²) in [5.74, 6) is 0.931. The van der Waals surface area contributed by atoms with Crippen LogP contribution in [0.5, 0.6) is 0 Å². The predicted molar refractivity (Wildman–Crippen MR) is 82.1 cm³/mol. The number of aryl methyl sites for hydroxylation is 3. The molecular formula is C17H22N2. The van der Waals surface area contributed by atoms with Gasteiger partial charge in [-0.3, -0.25) is 0 Å². The summed E-state index contributed by atoms with van der Waals surface area (Å²) in [4.78, 5) is 4.51. The van der Waals surface area contributed by atoms with Crippen LogP contribution in [-0.4, -0.2) is 4.98 Å². The number of benzene rings is 1. The zero-order chi connectivity index (χ0) is 13.7. The molecule has 2 aromatic rings. The molecule has 0 bridgehead atoms. The number of pyridine rings is 1. The van der Waals surface area contributed by atoms with Gasteiger partial charge in [0.15, 0.2) is 0 Å². The maximum Gasteiger partial charge on any atom is 0.130 e. The Hall–Kier alpha value is -1.83. The lowest BCUT2D eigenvalue weighted by molar-refractivity contribution is 0.890. The van der Waals surface area contributed by atoms with Crippen molar-refractivity contribution in [2.45, 2.75) is 40.0 Å². The first-order valence-electron chi connectivity index (χ1n) is 7.04. The normalized spacial score (nSPS) is 10.5. The standard InChI is InChI=1S/C17H22N2/c1-4-6-15-12-18-17(11-14(15)5-2)19-16-9-7-13(3)8-10-16/h7-12H,4-6H2,1-3H3,(H,18,19). The predicted octanol–water partition coefficient (Wildman–Crippen LogP) is 4.65. The van der Waals surface area contributed by atoms with Gasteiger partial charge >= 0.3 is 0 Å². The lowest BCUT2D eigenvalue weighted by atomic mass is 10.0. The van der Waals surface area contributed by atoms with Crippen LogP contribution < -0.4 is 5.32 Å². The molecule has 0 fully saturated rings. The zero-order valence-electron chi connectivity index (χ0n) is 12.0. The van der Waals surface area contributed by atoms with E-state index in [9.17, 15) is 0 Å². The minimum absolute atomic E-state index is 0.931. The summed E-state index contributed by atoms with van der Waals surface area (Å²) in [6.45, 7) is 6.50. The summed E-state index contributed by atoms with van der Waals surface area (Å²) in [5.41, 5.74) is 5.13. The van der Waals surface area contributed by atoms with Crippen molar-refractivity contribution in [1.82, 2.24) is 4.98 Å². The van der Waals surface area contributed by atoms with E-state index in [0.29, 0.717) is 0 Å². The quantitative estimate of drug-likeness (QED) is 0.840. The molecule has 1 aromatic carbocycles. The number of nitrogens with one attached hydrogen (secondary N) is 1. The van der Waals surface area contributed by atoms with Crippen molar-refractivity contribution in [3.8, 4) is 0 Å².